The van der Waals surface area contributed by atoms with Gasteiger partial charge in [-0.3, -0.25) is 4.79 Å². The van der Waals surface area contributed by atoms with Crippen LogP contribution in [0.3, 0.4) is 0 Å². The van der Waals surface area contributed by atoms with Crippen molar-refractivity contribution in [3.05, 3.63) is 48.0 Å². The molecule has 98 valence electrons. The van der Waals surface area contributed by atoms with E-state index in [1.54, 1.807) is 0 Å². The number of fused-ring (bicyclic) bond motifs is 1. The van der Waals surface area contributed by atoms with Crippen molar-refractivity contribution in [3.63, 3.8) is 0 Å². The second-order valence-electron chi connectivity index (χ2n) is 4.61. The summed E-state index contributed by atoms with van der Waals surface area (Å²) in [5, 5.41) is 23.3. The highest BCUT2D eigenvalue weighted by molar-refractivity contribution is 6.43. The number of carbonyl (C=O) groups excluding carboxylic acids is 1. The van der Waals surface area contributed by atoms with Crippen molar-refractivity contribution in [2.75, 3.05) is 0 Å². The first-order valence-corrected chi connectivity index (χ1v) is 6.17. The molecule has 0 saturated heterocycles. The van der Waals surface area contributed by atoms with E-state index < -0.39 is 13.1 Å². The zero-order valence-electron chi connectivity index (χ0n) is 10.7. The molecular formula is C14H16BNO3. The van der Waals surface area contributed by atoms with Crippen molar-refractivity contribution >= 4 is 23.8 Å². The van der Waals surface area contributed by atoms with Gasteiger partial charge in [0.1, 0.15) is 0 Å². The second-order valence-corrected chi connectivity index (χ2v) is 4.61. The van der Waals surface area contributed by atoms with Gasteiger partial charge in [0.2, 0.25) is 5.91 Å². The van der Waals surface area contributed by atoms with Crippen LogP contribution in [-0.4, -0.2) is 29.0 Å². The molecule has 4 nitrogen and oxygen atoms in total. The molecule has 2 rings (SSSR count). The minimum atomic E-state index is -1.57. The van der Waals surface area contributed by atoms with Gasteiger partial charge in [-0.15, -0.1) is 0 Å². The van der Waals surface area contributed by atoms with E-state index >= 15 is 0 Å². The molecule has 1 amide bonds. The van der Waals surface area contributed by atoms with Crippen LogP contribution in [0.1, 0.15) is 12.5 Å². The number of benzene rings is 2. The molecule has 0 spiro atoms. The van der Waals surface area contributed by atoms with Crippen LogP contribution in [0.25, 0.3) is 10.8 Å². The monoisotopic (exact) mass is 257 g/mol. The van der Waals surface area contributed by atoms with Crippen molar-refractivity contribution in [3.8, 4) is 0 Å². The van der Waals surface area contributed by atoms with Crippen LogP contribution in [0.5, 0.6) is 0 Å². The van der Waals surface area contributed by atoms with Crippen molar-refractivity contribution < 1.29 is 14.8 Å². The molecule has 19 heavy (non-hydrogen) atoms. The lowest BCUT2D eigenvalue weighted by Gasteiger charge is -2.17. The largest absolute Gasteiger partial charge is 0.475 e. The molecule has 0 aliphatic rings. The molecular weight excluding hydrogens is 241 g/mol. The molecule has 0 aromatic heterocycles. The SMILES string of the molecule is CC(=O)NC(Cc1ccc2ccccc2c1)B(O)O. The standard InChI is InChI=1S/C14H16BNO3/c1-10(17)16-14(15(18)19)9-11-6-7-12-4-2-3-5-13(12)8-11/h2-8,14,18-19H,9H2,1H3,(H,16,17). The van der Waals surface area contributed by atoms with Crippen LogP contribution in [0.2, 0.25) is 0 Å². The summed E-state index contributed by atoms with van der Waals surface area (Å²) in [7, 11) is -1.57. The molecule has 5 heteroatoms. The third-order valence-corrected chi connectivity index (χ3v) is 3.02. The molecule has 2 aromatic carbocycles. The molecule has 0 fully saturated rings. The summed E-state index contributed by atoms with van der Waals surface area (Å²) in [5.74, 6) is -0.974. The van der Waals surface area contributed by atoms with E-state index in [-0.39, 0.29) is 5.91 Å². The van der Waals surface area contributed by atoms with Gasteiger partial charge in [0.05, 0.1) is 5.94 Å². The molecule has 0 heterocycles. The summed E-state index contributed by atoms with van der Waals surface area (Å²) >= 11 is 0. The molecule has 0 aliphatic carbocycles. The first-order valence-electron chi connectivity index (χ1n) is 6.17. The normalized spacial score (nSPS) is 12.2. The fraction of sp³-hybridized carbons (Fsp3) is 0.214. The number of hydrogen-bond donors (Lipinski definition) is 3. The van der Waals surface area contributed by atoms with Crippen LogP contribution < -0.4 is 5.32 Å². The highest BCUT2D eigenvalue weighted by Crippen LogP contribution is 2.16. The Kier molecular flexibility index (Phi) is 4.19. The third-order valence-electron chi connectivity index (χ3n) is 3.02. The lowest BCUT2D eigenvalue weighted by molar-refractivity contribution is -0.119. The molecule has 0 radical (unpaired) electrons. The third kappa shape index (κ3) is 3.56. The van der Waals surface area contributed by atoms with Gasteiger partial charge < -0.3 is 15.4 Å². The topological polar surface area (TPSA) is 69.6 Å². The first-order chi connectivity index (χ1) is 9.06. The summed E-state index contributed by atoms with van der Waals surface area (Å²) in [6, 6.07) is 13.9. The zero-order valence-corrected chi connectivity index (χ0v) is 10.7. The van der Waals surface area contributed by atoms with E-state index in [4.69, 9.17) is 0 Å². The molecule has 1 unspecified atom stereocenters. The van der Waals surface area contributed by atoms with Gasteiger partial charge in [0.15, 0.2) is 0 Å². The van der Waals surface area contributed by atoms with Crippen LogP contribution in [0.4, 0.5) is 0 Å². The molecule has 0 aliphatic heterocycles. The molecule has 0 saturated carbocycles. The Morgan fingerprint density at radius 3 is 2.53 bits per heavy atom. The second kappa shape index (κ2) is 5.86. The average molecular weight is 257 g/mol. The van der Waals surface area contributed by atoms with Gasteiger partial charge in [-0.25, -0.2) is 0 Å². The summed E-state index contributed by atoms with van der Waals surface area (Å²) in [4.78, 5) is 11.0. The van der Waals surface area contributed by atoms with E-state index in [9.17, 15) is 14.8 Å². The van der Waals surface area contributed by atoms with Gasteiger partial charge in [0, 0.05) is 6.92 Å². The maximum atomic E-state index is 11.0. The van der Waals surface area contributed by atoms with Gasteiger partial charge >= 0.3 is 7.12 Å². The Morgan fingerprint density at radius 1 is 1.21 bits per heavy atom. The van der Waals surface area contributed by atoms with Gasteiger partial charge in [-0.05, 0) is 22.8 Å². The lowest BCUT2D eigenvalue weighted by atomic mass is 9.76. The van der Waals surface area contributed by atoms with Crippen LogP contribution in [0.15, 0.2) is 42.5 Å². The van der Waals surface area contributed by atoms with Gasteiger partial charge in [-0.2, -0.15) is 0 Å². The molecule has 3 N–H and O–H groups in total. The number of rotatable bonds is 4. The molecule has 0 bridgehead atoms. The number of amides is 1. The number of carbonyl (C=O) groups is 1. The minimum absolute atomic E-state index is 0.279. The summed E-state index contributed by atoms with van der Waals surface area (Å²) in [6.45, 7) is 1.36. The average Bonchev–Trinajstić information content (AvgIpc) is 2.37. The van der Waals surface area contributed by atoms with E-state index in [1.165, 1.54) is 6.92 Å². The fourth-order valence-corrected chi connectivity index (χ4v) is 2.11. The van der Waals surface area contributed by atoms with Crippen molar-refractivity contribution in [2.45, 2.75) is 19.3 Å². The van der Waals surface area contributed by atoms with E-state index in [2.05, 4.69) is 5.32 Å². The van der Waals surface area contributed by atoms with Gasteiger partial charge in [0.25, 0.3) is 0 Å². The maximum absolute atomic E-state index is 11.0. The Bertz CT molecular complexity index is 586. The van der Waals surface area contributed by atoms with E-state index in [1.807, 2.05) is 42.5 Å². The van der Waals surface area contributed by atoms with Gasteiger partial charge in [-0.1, -0.05) is 42.5 Å². The van der Waals surface area contributed by atoms with Crippen LogP contribution in [0, 0.1) is 0 Å². The maximum Gasteiger partial charge on any atom is 0.475 e. The van der Waals surface area contributed by atoms with E-state index in [0.717, 1.165) is 16.3 Å². The summed E-state index contributed by atoms with van der Waals surface area (Å²) in [6.07, 6.45) is 0.377. The Morgan fingerprint density at radius 2 is 1.89 bits per heavy atom. The first kappa shape index (κ1) is 13.6. The quantitative estimate of drug-likeness (QED) is 0.713. The summed E-state index contributed by atoms with van der Waals surface area (Å²) < 4.78 is 0. The van der Waals surface area contributed by atoms with Crippen molar-refractivity contribution in [2.24, 2.45) is 0 Å². The summed E-state index contributed by atoms with van der Waals surface area (Å²) in [5.41, 5.74) is 0.950. The van der Waals surface area contributed by atoms with E-state index in [0.29, 0.717) is 6.42 Å². The predicted octanol–water partition coefficient (Wildman–Crippen LogP) is 0.899. The highest BCUT2D eigenvalue weighted by Gasteiger charge is 2.24. The van der Waals surface area contributed by atoms with Crippen molar-refractivity contribution in [1.29, 1.82) is 0 Å². The number of nitrogens with one attached hydrogen (secondary N) is 1. The molecule has 1 atom stereocenters. The Labute approximate surface area is 112 Å². The van der Waals surface area contributed by atoms with Crippen molar-refractivity contribution in [1.82, 2.24) is 5.32 Å². The molecule has 2 aromatic rings. The minimum Gasteiger partial charge on any atom is -0.426 e. The van der Waals surface area contributed by atoms with Crippen LogP contribution in [-0.2, 0) is 11.2 Å². The fourth-order valence-electron chi connectivity index (χ4n) is 2.11. The predicted molar refractivity (Wildman–Crippen MR) is 75.4 cm³/mol. The Balaban J connectivity index is 2.21. The zero-order chi connectivity index (χ0) is 13.8. The lowest BCUT2D eigenvalue weighted by Crippen LogP contribution is -2.47. The Hall–Kier alpha value is -1.85. The number of hydrogen-bond acceptors (Lipinski definition) is 3. The smallest absolute Gasteiger partial charge is 0.426 e. The highest BCUT2D eigenvalue weighted by atomic mass is 16.4. The van der Waals surface area contributed by atoms with Crippen LogP contribution >= 0.6 is 0 Å².